The second-order valence-corrected chi connectivity index (χ2v) is 5.51. The number of benzene rings is 1. The molecule has 2 heterocycles. The van der Waals surface area contributed by atoms with E-state index in [-0.39, 0.29) is 18.6 Å². The van der Waals surface area contributed by atoms with E-state index in [0.29, 0.717) is 17.9 Å². The molecule has 22 heavy (non-hydrogen) atoms. The number of carbonyl (C=O) groups is 1. The van der Waals surface area contributed by atoms with Crippen LogP contribution in [0.2, 0.25) is 0 Å². The number of hydrogen-bond acceptors (Lipinski definition) is 4. The molecule has 1 atom stereocenters. The molecule has 2 N–H and O–H groups in total. The third kappa shape index (κ3) is 2.74. The topological polar surface area (TPSA) is 82.1 Å². The van der Waals surface area contributed by atoms with Crippen LogP contribution >= 0.6 is 0 Å². The van der Waals surface area contributed by atoms with E-state index in [1.54, 1.807) is 17.0 Å². The van der Waals surface area contributed by atoms with Crippen molar-refractivity contribution in [1.29, 1.82) is 0 Å². The van der Waals surface area contributed by atoms with Gasteiger partial charge in [-0.3, -0.25) is 9.89 Å². The number of aliphatic hydroxyl groups is 1. The number of rotatable bonds is 4. The Labute approximate surface area is 129 Å². The van der Waals surface area contributed by atoms with Crippen molar-refractivity contribution in [2.75, 3.05) is 13.2 Å². The molecule has 1 saturated heterocycles. The van der Waals surface area contributed by atoms with Crippen LogP contribution in [-0.4, -0.2) is 50.3 Å². The molecule has 0 bridgehead atoms. The summed E-state index contributed by atoms with van der Waals surface area (Å²) in [4.78, 5) is 18.6. The molecule has 2 aromatic rings. The summed E-state index contributed by atoms with van der Waals surface area (Å²) in [7, 11) is 0. The van der Waals surface area contributed by atoms with E-state index >= 15 is 0 Å². The van der Waals surface area contributed by atoms with Gasteiger partial charge in [0.05, 0.1) is 12.6 Å². The number of nitrogens with one attached hydrogen (secondary N) is 1. The number of H-pyrrole nitrogens is 1. The molecule has 3 rings (SSSR count). The minimum atomic E-state index is -0.0488. The van der Waals surface area contributed by atoms with Crippen LogP contribution in [0.15, 0.2) is 24.3 Å². The minimum absolute atomic E-state index is 0.0210. The van der Waals surface area contributed by atoms with Crippen LogP contribution in [0, 0.1) is 0 Å². The summed E-state index contributed by atoms with van der Waals surface area (Å²) in [6.45, 7) is 2.76. The van der Waals surface area contributed by atoms with Gasteiger partial charge in [0.2, 0.25) is 0 Å². The zero-order valence-electron chi connectivity index (χ0n) is 12.6. The number of aliphatic hydroxyl groups excluding tert-OH is 1. The highest BCUT2D eigenvalue weighted by molar-refractivity contribution is 5.95. The minimum Gasteiger partial charge on any atom is -0.394 e. The molecule has 1 aliphatic rings. The first-order valence-corrected chi connectivity index (χ1v) is 7.66. The largest absolute Gasteiger partial charge is 0.394 e. The number of amides is 1. The van der Waals surface area contributed by atoms with Gasteiger partial charge in [-0.1, -0.05) is 19.1 Å². The SMILES string of the molecule is CCc1nc(-c2ccc(C(=O)N3CCC[C@@H]3CO)cc2)n[nH]1. The Balaban J connectivity index is 1.77. The molecule has 0 spiro atoms. The van der Waals surface area contributed by atoms with Crippen molar-refractivity contribution in [3.8, 4) is 11.4 Å². The van der Waals surface area contributed by atoms with E-state index in [4.69, 9.17) is 0 Å². The second kappa shape index (κ2) is 6.27. The van der Waals surface area contributed by atoms with Crippen LogP contribution < -0.4 is 0 Å². The molecule has 0 saturated carbocycles. The van der Waals surface area contributed by atoms with E-state index in [2.05, 4.69) is 15.2 Å². The standard InChI is InChI=1S/C16H20N4O2/c1-2-14-17-15(19-18-14)11-5-7-12(8-6-11)16(22)20-9-3-4-13(20)10-21/h5-8,13,21H,2-4,9-10H2,1H3,(H,17,18,19)/t13-/m1/s1. The lowest BCUT2D eigenvalue weighted by atomic mass is 10.1. The fourth-order valence-corrected chi connectivity index (χ4v) is 2.80. The van der Waals surface area contributed by atoms with Gasteiger partial charge in [0, 0.05) is 24.1 Å². The normalized spacial score (nSPS) is 17.9. The molecule has 6 heteroatoms. The van der Waals surface area contributed by atoms with Crippen LogP contribution in [0.25, 0.3) is 11.4 Å². The first-order chi connectivity index (χ1) is 10.7. The summed E-state index contributed by atoms with van der Waals surface area (Å²) in [6, 6.07) is 7.27. The molecule has 0 unspecified atom stereocenters. The summed E-state index contributed by atoms with van der Waals surface area (Å²) < 4.78 is 0. The predicted molar refractivity (Wildman–Crippen MR) is 82.3 cm³/mol. The lowest BCUT2D eigenvalue weighted by Gasteiger charge is -2.23. The van der Waals surface area contributed by atoms with Gasteiger partial charge in [0.15, 0.2) is 5.82 Å². The molecule has 116 valence electrons. The van der Waals surface area contributed by atoms with Gasteiger partial charge >= 0.3 is 0 Å². The van der Waals surface area contributed by atoms with Gasteiger partial charge in [-0.15, -0.1) is 0 Å². The Bertz CT molecular complexity index is 650. The van der Waals surface area contributed by atoms with Crippen molar-refractivity contribution >= 4 is 5.91 Å². The number of nitrogens with zero attached hydrogens (tertiary/aromatic N) is 3. The maximum absolute atomic E-state index is 12.5. The molecule has 6 nitrogen and oxygen atoms in total. The summed E-state index contributed by atoms with van der Waals surface area (Å²) in [5.41, 5.74) is 1.52. The maximum atomic E-state index is 12.5. The van der Waals surface area contributed by atoms with Crippen molar-refractivity contribution in [2.24, 2.45) is 0 Å². The second-order valence-electron chi connectivity index (χ2n) is 5.51. The first-order valence-electron chi connectivity index (χ1n) is 7.66. The van der Waals surface area contributed by atoms with Crippen molar-refractivity contribution in [3.05, 3.63) is 35.7 Å². The van der Waals surface area contributed by atoms with Crippen molar-refractivity contribution < 1.29 is 9.90 Å². The zero-order valence-corrected chi connectivity index (χ0v) is 12.6. The summed E-state index contributed by atoms with van der Waals surface area (Å²) in [5, 5.41) is 16.4. The monoisotopic (exact) mass is 300 g/mol. The van der Waals surface area contributed by atoms with Crippen molar-refractivity contribution in [1.82, 2.24) is 20.1 Å². The van der Waals surface area contributed by atoms with Gasteiger partial charge < -0.3 is 10.0 Å². The van der Waals surface area contributed by atoms with Gasteiger partial charge in [-0.2, -0.15) is 5.10 Å². The Morgan fingerprint density at radius 1 is 1.41 bits per heavy atom. The number of hydrogen-bond donors (Lipinski definition) is 2. The molecule has 1 fully saturated rings. The molecule has 1 aliphatic heterocycles. The van der Waals surface area contributed by atoms with Crippen molar-refractivity contribution in [2.45, 2.75) is 32.2 Å². The van der Waals surface area contributed by atoms with E-state index in [0.717, 1.165) is 30.7 Å². The van der Waals surface area contributed by atoms with Crippen molar-refractivity contribution in [3.63, 3.8) is 0 Å². The molecular formula is C16H20N4O2. The number of likely N-dealkylation sites (tertiary alicyclic amines) is 1. The molecule has 1 aromatic heterocycles. The number of aromatic amines is 1. The molecule has 1 aromatic carbocycles. The van der Waals surface area contributed by atoms with Crippen LogP contribution in [0.4, 0.5) is 0 Å². The van der Waals surface area contributed by atoms with Gasteiger partial charge in [0.25, 0.3) is 5.91 Å². The number of aromatic nitrogens is 3. The maximum Gasteiger partial charge on any atom is 0.254 e. The van der Waals surface area contributed by atoms with Crippen LogP contribution in [0.5, 0.6) is 0 Å². The summed E-state index contributed by atoms with van der Waals surface area (Å²) >= 11 is 0. The smallest absolute Gasteiger partial charge is 0.254 e. The Morgan fingerprint density at radius 2 is 2.18 bits per heavy atom. The van der Waals surface area contributed by atoms with Crippen LogP contribution in [0.3, 0.4) is 0 Å². The predicted octanol–water partition coefficient (Wildman–Crippen LogP) is 1.63. The van der Waals surface area contributed by atoms with E-state index in [1.165, 1.54) is 0 Å². The number of carbonyl (C=O) groups excluding carboxylic acids is 1. The highest BCUT2D eigenvalue weighted by atomic mass is 16.3. The van der Waals surface area contributed by atoms with E-state index in [9.17, 15) is 9.90 Å². The van der Waals surface area contributed by atoms with E-state index in [1.807, 2.05) is 19.1 Å². The third-order valence-electron chi connectivity index (χ3n) is 4.11. The van der Waals surface area contributed by atoms with Crippen LogP contribution in [-0.2, 0) is 6.42 Å². The summed E-state index contributed by atoms with van der Waals surface area (Å²) in [5.74, 6) is 1.47. The first kappa shape index (κ1) is 14.7. The fraction of sp³-hybridized carbons (Fsp3) is 0.438. The average molecular weight is 300 g/mol. The molecule has 0 aliphatic carbocycles. The average Bonchev–Trinajstić information content (AvgIpc) is 3.23. The van der Waals surface area contributed by atoms with Gasteiger partial charge in [-0.05, 0) is 25.0 Å². The molecular weight excluding hydrogens is 280 g/mol. The quantitative estimate of drug-likeness (QED) is 0.899. The number of aryl methyl sites for hydroxylation is 1. The Hall–Kier alpha value is -2.21. The van der Waals surface area contributed by atoms with E-state index < -0.39 is 0 Å². The lowest BCUT2D eigenvalue weighted by Crippen LogP contribution is -2.37. The Morgan fingerprint density at radius 3 is 2.82 bits per heavy atom. The molecule has 0 radical (unpaired) electrons. The van der Waals surface area contributed by atoms with Gasteiger partial charge in [0.1, 0.15) is 5.82 Å². The summed E-state index contributed by atoms with van der Waals surface area (Å²) in [6.07, 6.45) is 2.63. The van der Waals surface area contributed by atoms with Crippen LogP contribution in [0.1, 0.15) is 35.9 Å². The lowest BCUT2D eigenvalue weighted by molar-refractivity contribution is 0.0677. The highest BCUT2D eigenvalue weighted by Gasteiger charge is 2.28. The third-order valence-corrected chi connectivity index (χ3v) is 4.11. The fourth-order valence-electron chi connectivity index (χ4n) is 2.80. The molecule has 1 amide bonds. The van der Waals surface area contributed by atoms with Gasteiger partial charge in [-0.25, -0.2) is 4.98 Å². The Kier molecular flexibility index (Phi) is 4.20. The zero-order chi connectivity index (χ0) is 15.5. The highest BCUT2D eigenvalue weighted by Crippen LogP contribution is 2.21.